The van der Waals surface area contributed by atoms with E-state index in [2.05, 4.69) is 25.8 Å². The Morgan fingerprint density at radius 1 is 1.22 bits per heavy atom. The Bertz CT molecular complexity index is 908. The van der Waals surface area contributed by atoms with Crippen molar-refractivity contribution in [3.8, 4) is 0 Å². The summed E-state index contributed by atoms with van der Waals surface area (Å²) in [6.45, 7) is 7.37. The number of hydrogen-bond donors (Lipinski definition) is 2. The van der Waals surface area contributed by atoms with Gasteiger partial charge in [-0.05, 0) is 38.0 Å². The molecule has 150 valence electrons. The van der Waals surface area contributed by atoms with Crippen LogP contribution in [0.15, 0.2) is 28.1 Å². The van der Waals surface area contributed by atoms with E-state index in [9.17, 15) is 8.42 Å². The molecule has 2 rings (SSSR count). The first-order valence-corrected chi connectivity index (χ1v) is 10.3. The van der Waals surface area contributed by atoms with Crippen molar-refractivity contribution < 1.29 is 8.42 Å². The molecule has 0 fully saturated rings. The van der Waals surface area contributed by atoms with Gasteiger partial charge >= 0.3 is 0 Å². The van der Waals surface area contributed by atoms with Crippen LogP contribution in [0.2, 0.25) is 0 Å². The molecule has 0 saturated carbocycles. The average Bonchev–Trinajstić information content (AvgIpc) is 2.88. The quantitative estimate of drug-likeness (QED) is 0.352. The lowest BCUT2D eigenvalue weighted by Gasteiger charge is -2.11. The summed E-state index contributed by atoms with van der Waals surface area (Å²) in [5.41, 5.74) is 1.68. The molecule has 1 aromatic carbocycles. The lowest BCUT2D eigenvalue weighted by Crippen LogP contribution is -2.37. The molecule has 10 heteroatoms. The maximum absolute atomic E-state index is 11.7. The van der Waals surface area contributed by atoms with E-state index in [1.807, 2.05) is 31.5 Å². The standard InChI is InChI=1S/C17H26N6O2S.HI/c1-6-18-17(20-11-16-22-21-13(3)23(16)4)19-10-14-7-8-15(12(2)9-14)26(5,24)25;/h7-9H,6,10-11H2,1-5H3,(H2,18,19,20);1H. The number of guanidine groups is 1. The van der Waals surface area contributed by atoms with Gasteiger partial charge in [0.15, 0.2) is 21.6 Å². The molecule has 0 aliphatic heterocycles. The number of aryl methyl sites for hydroxylation is 2. The Hall–Kier alpha value is -1.69. The molecule has 0 spiro atoms. The molecule has 0 aliphatic carbocycles. The summed E-state index contributed by atoms with van der Waals surface area (Å²) >= 11 is 0. The number of aromatic nitrogens is 3. The summed E-state index contributed by atoms with van der Waals surface area (Å²) in [6.07, 6.45) is 1.22. The summed E-state index contributed by atoms with van der Waals surface area (Å²) in [5.74, 6) is 2.34. The zero-order valence-electron chi connectivity index (χ0n) is 16.3. The summed E-state index contributed by atoms with van der Waals surface area (Å²) in [7, 11) is -1.29. The Labute approximate surface area is 177 Å². The maximum Gasteiger partial charge on any atom is 0.191 e. The molecule has 0 saturated heterocycles. The average molecular weight is 506 g/mol. The summed E-state index contributed by atoms with van der Waals surface area (Å²) in [4.78, 5) is 4.91. The minimum Gasteiger partial charge on any atom is -0.357 e. The van der Waals surface area contributed by atoms with E-state index in [4.69, 9.17) is 0 Å². The van der Waals surface area contributed by atoms with Gasteiger partial charge in [-0.25, -0.2) is 13.4 Å². The summed E-state index contributed by atoms with van der Waals surface area (Å²) in [6, 6.07) is 5.29. The molecule has 0 amide bonds. The summed E-state index contributed by atoms with van der Waals surface area (Å²) < 4.78 is 25.3. The van der Waals surface area contributed by atoms with E-state index in [0.717, 1.165) is 29.3 Å². The molecular formula is C17H27IN6O2S. The van der Waals surface area contributed by atoms with E-state index < -0.39 is 9.84 Å². The first-order valence-electron chi connectivity index (χ1n) is 8.39. The van der Waals surface area contributed by atoms with Crippen LogP contribution in [0, 0.1) is 13.8 Å². The molecule has 27 heavy (non-hydrogen) atoms. The molecule has 1 heterocycles. The number of aliphatic imine (C=N–C) groups is 1. The van der Waals surface area contributed by atoms with E-state index in [1.54, 1.807) is 19.1 Å². The second-order valence-electron chi connectivity index (χ2n) is 6.14. The van der Waals surface area contributed by atoms with Crippen LogP contribution in [-0.2, 0) is 30.0 Å². The van der Waals surface area contributed by atoms with E-state index >= 15 is 0 Å². The number of sulfone groups is 1. The minimum absolute atomic E-state index is 0. The van der Waals surface area contributed by atoms with E-state index in [0.29, 0.717) is 23.9 Å². The van der Waals surface area contributed by atoms with Gasteiger partial charge in [0.05, 0.1) is 18.0 Å². The van der Waals surface area contributed by atoms with Crippen molar-refractivity contribution >= 4 is 39.8 Å². The van der Waals surface area contributed by atoms with Crippen LogP contribution in [0.3, 0.4) is 0 Å². The Kier molecular flexibility index (Phi) is 8.66. The Morgan fingerprint density at radius 3 is 2.44 bits per heavy atom. The second kappa shape index (κ2) is 10.0. The van der Waals surface area contributed by atoms with E-state index in [1.165, 1.54) is 6.26 Å². The highest BCUT2D eigenvalue weighted by Gasteiger charge is 2.11. The lowest BCUT2D eigenvalue weighted by atomic mass is 10.1. The van der Waals surface area contributed by atoms with Crippen molar-refractivity contribution in [3.05, 3.63) is 41.0 Å². The highest BCUT2D eigenvalue weighted by atomic mass is 127. The van der Waals surface area contributed by atoms with Crippen LogP contribution in [0.1, 0.15) is 29.7 Å². The molecule has 0 unspecified atom stereocenters. The normalized spacial score (nSPS) is 11.8. The maximum atomic E-state index is 11.7. The molecule has 0 atom stereocenters. The van der Waals surface area contributed by atoms with Gasteiger partial charge in [-0.3, -0.25) is 0 Å². The van der Waals surface area contributed by atoms with Gasteiger partial charge in [-0.2, -0.15) is 0 Å². The second-order valence-corrected chi connectivity index (χ2v) is 8.13. The van der Waals surface area contributed by atoms with Crippen molar-refractivity contribution in [2.24, 2.45) is 12.0 Å². The number of nitrogens with one attached hydrogen (secondary N) is 2. The third kappa shape index (κ3) is 6.45. The number of rotatable bonds is 6. The predicted octanol–water partition coefficient (Wildman–Crippen LogP) is 1.71. The summed E-state index contributed by atoms with van der Waals surface area (Å²) in [5, 5.41) is 14.6. The topological polar surface area (TPSA) is 101 Å². The Balaban J connectivity index is 0.00000364. The molecule has 0 radical (unpaired) electrons. The predicted molar refractivity (Wildman–Crippen MR) is 117 cm³/mol. The largest absolute Gasteiger partial charge is 0.357 e. The van der Waals surface area contributed by atoms with Crippen molar-refractivity contribution in [3.63, 3.8) is 0 Å². The van der Waals surface area contributed by atoms with Gasteiger partial charge in [0.2, 0.25) is 0 Å². The fraction of sp³-hybridized carbons (Fsp3) is 0.471. The van der Waals surface area contributed by atoms with Gasteiger partial charge in [-0.1, -0.05) is 12.1 Å². The van der Waals surface area contributed by atoms with Crippen LogP contribution in [0.5, 0.6) is 0 Å². The van der Waals surface area contributed by atoms with E-state index in [-0.39, 0.29) is 24.0 Å². The van der Waals surface area contributed by atoms with Crippen LogP contribution < -0.4 is 10.6 Å². The third-order valence-corrected chi connectivity index (χ3v) is 5.26. The third-order valence-electron chi connectivity index (χ3n) is 4.00. The van der Waals surface area contributed by atoms with Crippen molar-refractivity contribution in [2.45, 2.75) is 38.8 Å². The fourth-order valence-electron chi connectivity index (χ4n) is 2.51. The smallest absolute Gasteiger partial charge is 0.191 e. The van der Waals surface area contributed by atoms with Crippen molar-refractivity contribution in [2.75, 3.05) is 12.8 Å². The monoisotopic (exact) mass is 506 g/mol. The Morgan fingerprint density at radius 2 is 1.93 bits per heavy atom. The SMILES string of the molecule is CCNC(=NCc1ccc(S(C)(=O)=O)c(C)c1)NCc1nnc(C)n1C.I. The van der Waals surface area contributed by atoms with Gasteiger partial charge in [0, 0.05) is 19.8 Å². The zero-order valence-corrected chi connectivity index (χ0v) is 19.4. The zero-order chi connectivity index (χ0) is 19.3. The lowest BCUT2D eigenvalue weighted by molar-refractivity contribution is 0.601. The van der Waals surface area contributed by atoms with Crippen LogP contribution in [0.25, 0.3) is 0 Å². The number of hydrogen-bond acceptors (Lipinski definition) is 5. The first-order chi connectivity index (χ1) is 12.2. The molecule has 1 aromatic heterocycles. The van der Waals surface area contributed by atoms with Crippen LogP contribution in [-0.4, -0.2) is 41.9 Å². The molecule has 2 N–H and O–H groups in total. The number of nitrogens with zero attached hydrogens (tertiary/aromatic N) is 4. The van der Waals surface area contributed by atoms with Gasteiger partial charge in [-0.15, -0.1) is 34.2 Å². The number of benzene rings is 1. The molecule has 2 aromatic rings. The van der Waals surface area contributed by atoms with Gasteiger partial charge in [0.25, 0.3) is 0 Å². The number of halogens is 1. The molecule has 8 nitrogen and oxygen atoms in total. The molecule has 0 aliphatic rings. The molecule has 0 bridgehead atoms. The molecular weight excluding hydrogens is 479 g/mol. The first kappa shape index (κ1) is 23.3. The highest BCUT2D eigenvalue weighted by Crippen LogP contribution is 2.17. The fourth-order valence-corrected chi connectivity index (χ4v) is 3.46. The highest BCUT2D eigenvalue weighted by molar-refractivity contribution is 14.0. The van der Waals surface area contributed by atoms with Gasteiger partial charge in [0.1, 0.15) is 5.82 Å². The van der Waals surface area contributed by atoms with Crippen molar-refractivity contribution in [1.82, 2.24) is 25.4 Å². The van der Waals surface area contributed by atoms with Gasteiger partial charge < -0.3 is 15.2 Å². The minimum atomic E-state index is -3.21. The van der Waals surface area contributed by atoms with Crippen LogP contribution >= 0.6 is 24.0 Å². The van der Waals surface area contributed by atoms with Crippen LogP contribution in [0.4, 0.5) is 0 Å². The van der Waals surface area contributed by atoms with Crippen molar-refractivity contribution in [1.29, 1.82) is 0 Å².